The third-order valence-corrected chi connectivity index (χ3v) is 3.28. The molecule has 0 saturated heterocycles. The number of benzene rings is 1. The minimum Gasteiger partial charge on any atom is -0.486 e. The highest BCUT2D eigenvalue weighted by Gasteiger charge is 2.11. The van der Waals surface area contributed by atoms with Crippen molar-refractivity contribution in [3.8, 4) is 5.75 Å². The molecule has 0 heterocycles. The molecule has 0 fully saturated rings. The Balaban J connectivity index is 2.70. The molecule has 1 atom stereocenters. The summed E-state index contributed by atoms with van der Waals surface area (Å²) in [6, 6.07) is 6.17. The van der Waals surface area contributed by atoms with Crippen LogP contribution in [0.2, 0.25) is 0 Å². The molecule has 0 N–H and O–H groups in total. The van der Waals surface area contributed by atoms with Crippen LogP contribution in [0.1, 0.15) is 51.2 Å². The Morgan fingerprint density at radius 2 is 1.89 bits per heavy atom. The third kappa shape index (κ3) is 4.17. The van der Waals surface area contributed by atoms with Crippen LogP contribution in [0, 0.1) is 12.8 Å². The van der Waals surface area contributed by atoms with Gasteiger partial charge in [0, 0.05) is 5.92 Å². The molecule has 1 aromatic carbocycles. The first-order chi connectivity index (χ1) is 8.43. The molecule has 0 radical (unpaired) electrons. The molecule has 0 amide bonds. The molecule has 1 aromatic rings. The first-order valence-electron chi connectivity index (χ1n) is 6.71. The van der Waals surface area contributed by atoms with Crippen molar-refractivity contribution in [2.24, 2.45) is 5.92 Å². The molecule has 18 heavy (non-hydrogen) atoms. The van der Waals surface area contributed by atoms with E-state index in [9.17, 15) is 4.79 Å². The van der Waals surface area contributed by atoms with Gasteiger partial charge in [0.1, 0.15) is 12.4 Å². The maximum Gasteiger partial charge on any atom is 0.172 e. The molecule has 0 aromatic heterocycles. The van der Waals surface area contributed by atoms with Gasteiger partial charge in [-0.05, 0) is 42.5 Å². The number of ketones is 1. The number of ether oxygens (including phenoxy) is 1. The number of aryl methyl sites for hydroxylation is 1. The lowest BCUT2D eigenvalue weighted by molar-refractivity contribution is -0.124. The van der Waals surface area contributed by atoms with Crippen LogP contribution < -0.4 is 4.74 Å². The van der Waals surface area contributed by atoms with Crippen molar-refractivity contribution in [2.45, 2.75) is 47.0 Å². The highest BCUT2D eigenvalue weighted by Crippen LogP contribution is 2.23. The summed E-state index contributed by atoms with van der Waals surface area (Å²) in [7, 11) is 0. The lowest BCUT2D eigenvalue weighted by Crippen LogP contribution is -2.18. The summed E-state index contributed by atoms with van der Waals surface area (Å²) in [5, 5.41) is 0. The number of hydrogen-bond donors (Lipinski definition) is 0. The predicted octanol–water partition coefficient (Wildman–Crippen LogP) is 4.11. The van der Waals surface area contributed by atoms with E-state index in [4.69, 9.17) is 4.74 Å². The molecule has 0 spiro atoms. The maximum atomic E-state index is 11.7. The van der Waals surface area contributed by atoms with Crippen molar-refractivity contribution in [3.63, 3.8) is 0 Å². The Kier molecular flexibility index (Phi) is 5.39. The van der Waals surface area contributed by atoms with Crippen molar-refractivity contribution >= 4 is 5.78 Å². The van der Waals surface area contributed by atoms with Crippen LogP contribution in [-0.4, -0.2) is 12.4 Å². The topological polar surface area (TPSA) is 26.3 Å². The number of carbonyl (C=O) groups excluding carboxylic acids is 1. The van der Waals surface area contributed by atoms with Crippen LogP contribution in [0.4, 0.5) is 0 Å². The lowest BCUT2D eigenvalue weighted by Gasteiger charge is -2.13. The molecule has 2 heteroatoms. The van der Waals surface area contributed by atoms with Gasteiger partial charge >= 0.3 is 0 Å². The molecule has 0 aliphatic carbocycles. The maximum absolute atomic E-state index is 11.7. The monoisotopic (exact) mass is 248 g/mol. The fraction of sp³-hybridized carbons (Fsp3) is 0.562. The molecule has 1 unspecified atom stereocenters. The summed E-state index contributed by atoms with van der Waals surface area (Å²) in [6.45, 7) is 10.5. The summed E-state index contributed by atoms with van der Waals surface area (Å²) in [5.41, 5.74) is 2.42. The fourth-order valence-electron chi connectivity index (χ4n) is 1.72. The van der Waals surface area contributed by atoms with Crippen LogP contribution in [0.5, 0.6) is 5.75 Å². The minimum atomic E-state index is 0.0828. The second-order valence-corrected chi connectivity index (χ2v) is 5.30. The molecule has 0 aliphatic heterocycles. The molecule has 1 rings (SSSR count). The highest BCUT2D eigenvalue weighted by atomic mass is 16.5. The van der Waals surface area contributed by atoms with Gasteiger partial charge in [-0.15, -0.1) is 0 Å². The zero-order valence-corrected chi connectivity index (χ0v) is 12.1. The van der Waals surface area contributed by atoms with E-state index in [1.165, 1.54) is 11.1 Å². The van der Waals surface area contributed by atoms with E-state index in [0.717, 1.165) is 12.2 Å². The average Bonchev–Trinajstić information content (AvgIpc) is 2.34. The SMILES string of the molecule is CCC(C)C(=O)COc1cc(C)cc(C(C)C)c1. The molecule has 0 aliphatic rings. The van der Waals surface area contributed by atoms with E-state index in [1.54, 1.807) is 0 Å². The normalized spacial score (nSPS) is 12.6. The van der Waals surface area contributed by atoms with Gasteiger partial charge in [0.2, 0.25) is 0 Å². The Hall–Kier alpha value is -1.31. The lowest BCUT2D eigenvalue weighted by atomic mass is 10.0. The van der Waals surface area contributed by atoms with E-state index in [1.807, 2.05) is 26.0 Å². The number of carbonyl (C=O) groups is 1. The van der Waals surface area contributed by atoms with E-state index < -0.39 is 0 Å². The zero-order valence-electron chi connectivity index (χ0n) is 12.1. The van der Waals surface area contributed by atoms with Crippen molar-refractivity contribution in [1.29, 1.82) is 0 Å². The van der Waals surface area contributed by atoms with Gasteiger partial charge in [-0.2, -0.15) is 0 Å². The van der Waals surface area contributed by atoms with Gasteiger partial charge in [-0.1, -0.05) is 33.8 Å². The highest BCUT2D eigenvalue weighted by molar-refractivity contribution is 5.82. The summed E-state index contributed by atoms with van der Waals surface area (Å²) < 4.78 is 5.61. The minimum absolute atomic E-state index is 0.0828. The molecule has 2 nitrogen and oxygen atoms in total. The smallest absolute Gasteiger partial charge is 0.172 e. The van der Waals surface area contributed by atoms with E-state index in [2.05, 4.69) is 26.8 Å². The average molecular weight is 248 g/mol. The van der Waals surface area contributed by atoms with E-state index in [-0.39, 0.29) is 18.3 Å². The van der Waals surface area contributed by atoms with Crippen LogP contribution in [0.3, 0.4) is 0 Å². The third-order valence-electron chi connectivity index (χ3n) is 3.28. The van der Waals surface area contributed by atoms with Crippen molar-refractivity contribution in [2.75, 3.05) is 6.61 Å². The van der Waals surface area contributed by atoms with Crippen molar-refractivity contribution < 1.29 is 9.53 Å². The van der Waals surface area contributed by atoms with Crippen molar-refractivity contribution in [3.05, 3.63) is 29.3 Å². The molecule has 100 valence electrons. The summed E-state index contributed by atoms with van der Waals surface area (Å²) in [6.07, 6.45) is 0.868. The number of Topliss-reactive ketones (excluding diaryl/α,β-unsaturated/α-hetero) is 1. The molecule has 0 bridgehead atoms. The summed E-state index contributed by atoms with van der Waals surface area (Å²) >= 11 is 0. The Morgan fingerprint density at radius 1 is 1.22 bits per heavy atom. The van der Waals surface area contributed by atoms with E-state index >= 15 is 0 Å². The standard InChI is InChI=1S/C16H24O2/c1-6-13(5)16(17)10-18-15-8-12(4)7-14(9-15)11(2)3/h7-9,11,13H,6,10H2,1-5H3. The quantitative estimate of drug-likeness (QED) is 0.757. The van der Waals surface area contributed by atoms with Crippen LogP contribution in [0.15, 0.2) is 18.2 Å². The second-order valence-electron chi connectivity index (χ2n) is 5.30. The van der Waals surface area contributed by atoms with E-state index in [0.29, 0.717) is 5.92 Å². The van der Waals surface area contributed by atoms with Gasteiger partial charge in [-0.3, -0.25) is 4.79 Å². The second kappa shape index (κ2) is 6.58. The Bertz CT molecular complexity index is 408. The van der Waals surface area contributed by atoms with Gasteiger partial charge in [0.05, 0.1) is 0 Å². The Morgan fingerprint density at radius 3 is 2.44 bits per heavy atom. The van der Waals surface area contributed by atoms with Crippen LogP contribution in [-0.2, 0) is 4.79 Å². The zero-order chi connectivity index (χ0) is 13.7. The van der Waals surface area contributed by atoms with Gasteiger partial charge in [-0.25, -0.2) is 0 Å². The Labute approximate surface area is 110 Å². The number of hydrogen-bond acceptors (Lipinski definition) is 2. The van der Waals surface area contributed by atoms with Gasteiger partial charge in [0.15, 0.2) is 5.78 Å². The first kappa shape index (κ1) is 14.7. The fourth-order valence-corrected chi connectivity index (χ4v) is 1.72. The van der Waals surface area contributed by atoms with Crippen LogP contribution >= 0.6 is 0 Å². The first-order valence-corrected chi connectivity index (χ1v) is 6.71. The summed E-state index contributed by atoms with van der Waals surface area (Å²) in [5.74, 6) is 1.53. The molecular weight excluding hydrogens is 224 g/mol. The van der Waals surface area contributed by atoms with Crippen molar-refractivity contribution in [1.82, 2.24) is 0 Å². The van der Waals surface area contributed by atoms with Gasteiger partial charge in [0.25, 0.3) is 0 Å². The molecule has 0 saturated carbocycles. The van der Waals surface area contributed by atoms with Crippen LogP contribution in [0.25, 0.3) is 0 Å². The summed E-state index contributed by atoms with van der Waals surface area (Å²) in [4.78, 5) is 11.7. The molecular formula is C16H24O2. The largest absolute Gasteiger partial charge is 0.486 e. The predicted molar refractivity (Wildman–Crippen MR) is 75.2 cm³/mol. The van der Waals surface area contributed by atoms with Gasteiger partial charge < -0.3 is 4.74 Å². The number of rotatable bonds is 6.